The molecule has 2 N–H and O–H groups in total. The van der Waals surface area contributed by atoms with Crippen LogP contribution in [0.2, 0.25) is 0 Å². The minimum Gasteiger partial charge on any atom is -0.461 e. The van der Waals surface area contributed by atoms with E-state index in [1.54, 1.807) is 54.3 Å². The number of carbonyl (C=O) groups is 1. The molecule has 0 saturated heterocycles. The van der Waals surface area contributed by atoms with E-state index in [0.29, 0.717) is 28.3 Å². The molecule has 0 aliphatic rings. The number of nitrogens with two attached hydrogens (primary N) is 1. The Labute approximate surface area is 148 Å². The van der Waals surface area contributed by atoms with E-state index < -0.39 is 0 Å². The number of imidazole rings is 1. The molecule has 0 unspecified atom stereocenters. The summed E-state index contributed by atoms with van der Waals surface area (Å²) in [6.07, 6.45) is 1.57. The van der Waals surface area contributed by atoms with E-state index in [1.165, 1.54) is 0 Å². The molecular formula is C19H13N5O2. The lowest BCUT2D eigenvalue weighted by Gasteiger charge is -1.99. The quantitative estimate of drug-likeness (QED) is 0.443. The van der Waals surface area contributed by atoms with Gasteiger partial charge in [-0.1, -0.05) is 30.3 Å². The second-order valence-corrected chi connectivity index (χ2v) is 5.52. The maximum Gasteiger partial charge on any atom is 0.236 e. The van der Waals surface area contributed by atoms with Gasteiger partial charge >= 0.3 is 0 Å². The SMILES string of the molecule is Cn1c(-c2ccco2)nc2c(N)nc(C#CC(=O)c3ccccc3)nc21. The Hall–Kier alpha value is -3.92. The lowest BCUT2D eigenvalue weighted by molar-refractivity contribution is 0.105. The van der Waals surface area contributed by atoms with Crippen LogP contribution in [-0.2, 0) is 7.05 Å². The predicted molar refractivity (Wildman–Crippen MR) is 96.1 cm³/mol. The van der Waals surface area contributed by atoms with Crippen LogP contribution in [0.15, 0.2) is 53.1 Å². The Bertz CT molecular complexity index is 1170. The van der Waals surface area contributed by atoms with Gasteiger partial charge in [-0.2, -0.15) is 0 Å². The number of nitrogen functional groups attached to an aromatic ring is 1. The Morgan fingerprint density at radius 1 is 1.12 bits per heavy atom. The fourth-order valence-electron chi connectivity index (χ4n) is 2.54. The van der Waals surface area contributed by atoms with Crippen LogP contribution < -0.4 is 5.73 Å². The lowest BCUT2D eigenvalue weighted by atomic mass is 10.1. The van der Waals surface area contributed by atoms with Crippen molar-refractivity contribution in [3.05, 3.63) is 60.1 Å². The lowest BCUT2D eigenvalue weighted by Crippen LogP contribution is -2.01. The second kappa shape index (κ2) is 6.18. The number of rotatable bonds is 2. The molecule has 0 saturated carbocycles. The summed E-state index contributed by atoms with van der Waals surface area (Å²) in [5.74, 6) is 6.44. The maximum atomic E-state index is 12.1. The minimum atomic E-state index is -0.311. The zero-order valence-electron chi connectivity index (χ0n) is 13.8. The van der Waals surface area contributed by atoms with Crippen molar-refractivity contribution in [1.29, 1.82) is 0 Å². The third-order valence-corrected chi connectivity index (χ3v) is 3.81. The summed E-state index contributed by atoms with van der Waals surface area (Å²) < 4.78 is 7.13. The molecule has 1 aromatic carbocycles. The van der Waals surface area contributed by atoms with E-state index in [4.69, 9.17) is 10.2 Å². The van der Waals surface area contributed by atoms with Crippen LogP contribution in [0.3, 0.4) is 0 Å². The fourth-order valence-corrected chi connectivity index (χ4v) is 2.54. The summed E-state index contributed by atoms with van der Waals surface area (Å²) in [6, 6.07) is 12.4. The summed E-state index contributed by atoms with van der Waals surface area (Å²) in [4.78, 5) is 25.1. The van der Waals surface area contributed by atoms with Gasteiger partial charge < -0.3 is 14.7 Å². The number of carbonyl (C=O) groups excluding carboxylic acids is 1. The number of fused-ring (bicyclic) bond motifs is 1. The number of furan rings is 1. The summed E-state index contributed by atoms with van der Waals surface area (Å²) in [5, 5.41) is 0. The van der Waals surface area contributed by atoms with E-state index in [2.05, 4.69) is 26.8 Å². The van der Waals surface area contributed by atoms with Crippen molar-refractivity contribution in [1.82, 2.24) is 19.5 Å². The van der Waals surface area contributed by atoms with Crippen LogP contribution in [-0.4, -0.2) is 25.3 Å². The number of benzene rings is 1. The number of aryl methyl sites for hydroxylation is 1. The molecule has 7 heteroatoms. The van der Waals surface area contributed by atoms with Gasteiger partial charge in [0.2, 0.25) is 11.6 Å². The average molecular weight is 343 g/mol. The molecule has 0 bridgehead atoms. The maximum absolute atomic E-state index is 12.1. The molecule has 0 aliphatic carbocycles. The van der Waals surface area contributed by atoms with Crippen molar-refractivity contribution in [2.75, 3.05) is 5.73 Å². The number of ketones is 1. The van der Waals surface area contributed by atoms with E-state index >= 15 is 0 Å². The molecule has 0 amide bonds. The normalized spacial score (nSPS) is 10.5. The first-order chi connectivity index (χ1) is 12.6. The highest BCUT2D eigenvalue weighted by Gasteiger charge is 2.16. The first-order valence-electron chi connectivity index (χ1n) is 7.78. The molecular weight excluding hydrogens is 330 g/mol. The minimum absolute atomic E-state index is 0.160. The van der Waals surface area contributed by atoms with Crippen LogP contribution >= 0.6 is 0 Å². The average Bonchev–Trinajstić information content (AvgIpc) is 3.29. The molecule has 0 spiro atoms. The zero-order chi connectivity index (χ0) is 18.1. The van der Waals surface area contributed by atoms with Crippen molar-refractivity contribution in [2.24, 2.45) is 7.05 Å². The molecule has 3 aromatic heterocycles. The second-order valence-electron chi connectivity index (χ2n) is 5.52. The number of nitrogens with zero attached hydrogens (tertiary/aromatic N) is 4. The first kappa shape index (κ1) is 15.6. The van der Waals surface area contributed by atoms with Gasteiger partial charge in [-0.3, -0.25) is 4.79 Å². The van der Waals surface area contributed by atoms with Gasteiger partial charge in [0, 0.05) is 12.6 Å². The molecule has 3 heterocycles. The summed E-state index contributed by atoms with van der Waals surface area (Å²) >= 11 is 0. The van der Waals surface area contributed by atoms with Crippen molar-refractivity contribution < 1.29 is 9.21 Å². The summed E-state index contributed by atoms with van der Waals surface area (Å²) in [7, 11) is 1.80. The first-order valence-corrected chi connectivity index (χ1v) is 7.78. The van der Waals surface area contributed by atoms with Crippen LogP contribution in [0, 0.1) is 11.8 Å². The van der Waals surface area contributed by atoms with Gasteiger partial charge in [0.25, 0.3) is 0 Å². The molecule has 0 fully saturated rings. The van der Waals surface area contributed by atoms with Gasteiger partial charge in [-0.25, -0.2) is 15.0 Å². The zero-order valence-corrected chi connectivity index (χ0v) is 13.8. The summed E-state index contributed by atoms with van der Waals surface area (Å²) in [5.41, 5.74) is 7.48. The van der Waals surface area contributed by atoms with Crippen molar-refractivity contribution in [3.63, 3.8) is 0 Å². The number of hydrogen-bond acceptors (Lipinski definition) is 6. The van der Waals surface area contributed by atoms with Gasteiger partial charge in [-0.15, -0.1) is 0 Å². The molecule has 4 aromatic rings. The highest BCUT2D eigenvalue weighted by Crippen LogP contribution is 2.25. The van der Waals surface area contributed by atoms with Gasteiger partial charge in [0.05, 0.1) is 6.26 Å². The van der Waals surface area contributed by atoms with Gasteiger partial charge in [-0.05, 0) is 24.0 Å². The van der Waals surface area contributed by atoms with Gasteiger partial charge in [0.1, 0.15) is 0 Å². The molecule has 0 atom stereocenters. The van der Waals surface area contributed by atoms with E-state index in [-0.39, 0.29) is 17.4 Å². The molecule has 0 aliphatic heterocycles. The number of anilines is 1. The molecule has 7 nitrogen and oxygen atoms in total. The Morgan fingerprint density at radius 3 is 2.65 bits per heavy atom. The van der Waals surface area contributed by atoms with Crippen molar-refractivity contribution >= 4 is 22.8 Å². The topological polar surface area (TPSA) is 99.8 Å². The van der Waals surface area contributed by atoms with Gasteiger partial charge in [0.15, 0.2) is 28.6 Å². The highest BCUT2D eigenvalue weighted by molar-refractivity contribution is 6.09. The van der Waals surface area contributed by atoms with E-state index in [9.17, 15) is 4.79 Å². The third kappa shape index (κ3) is 2.70. The Morgan fingerprint density at radius 2 is 1.92 bits per heavy atom. The number of aromatic nitrogens is 4. The molecule has 126 valence electrons. The largest absolute Gasteiger partial charge is 0.461 e. The summed E-state index contributed by atoms with van der Waals surface area (Å²) in [6.45, 7) is 0. The number of Topliss-reactive ketones (excluding diaryl/α,β-unsaturated/α-hetero) is 1. The molecule has 4 rings (SSSR count). The monoisotopic (exact) mass is 343 g/mol. The highest BCUT2D eigenvalue weighted by atomic mass is 16.3. The van der Waals surface area contributed by atoms with Crippen LogP contribution in [0.25, 0.3) is 22.7 Å². The van der Waals surface area contributed by atoms with Crippen molar-refractivity contribution in [2.45, 2.75) is 0 Å². The predicted octanol–water partition coefficient (Wildman–Crippen LogP) is 2.44. The van der Waals surface area contributed by atoms with Crippen LogP contribution in [0.5, 0.6) is 0 Å². The Kier molecular flexibility index (Phi) is 3.71. The van der Waals surface area contributed by atoms with Crippen LogP contribution in [0.1, 0.15) is 16.2 Å². The van der Waals surface area contributed by atoms with Crippen molar-refractivity contribution in [3.8, 4) is 23.4 Å². The smallest absolute Gasteiger partial charge is 0.236 e. The Balaban J connectivity index is 1.75. The molecule has 26 heavy (non-hydrogen) atoms. The van der Waals surface area contributed by atoms with E-state index in [0.717, 1.165) is 0 Å². The van der Waals surface area contributed by atoms with E-state index in [1.807, 2.05) is 6.07 Å². The third-order valence-electron chi connectivity index (χ3n) is 3.81. The number of hydrogen-bond donors (Lipinski definition) is 1. The van der Waals surface area contributed by atoms with Crippen LogP contribution in [0.4, 0.5) is 5.82 Å². The fraction of sp³-hybridized carbons (Fsp3) is 0.0526. The standard InChI is InChI=1S/C19H13N5O2/c1-24-18(14-8-5-11-26-14)23-16-17(20)21-15(22-19(16)24)10-9-13(25)12-6-3-2-4-7-12/h2-8,11H,1H3,(H2,20,21,22). The molecule has 0 radical (unpaired) electrons.